The van der Waals surface area contributed by atoms with Crippen LogP contribution >= 0.6 is 0 Å². The number of hydrogen-bond acceptors (Lipinski definition) is 6. The zero-order valence-corrected chi connectivity index (χ0v) is 13.7. The molecule has 1 aromatic heterocycles. The first-order valence-electron chi connectivity index (χ1n) is 7.40. The fourth-order valence-corrected chi connectivity index (χ4v) is 2.20. The maximum Gasteiger partial charge on any atom is 0.433 e. The molecule has 0 spiro atoms. The first-order valence-corrected chi connectivity index (χ1v) is 7.40. The van der Waals surface area contributed by atoms with E-state index in [-0.39, 0.29) is 5.82 Å². The molecule has 2 heterocycles. The maximum atomic E-state index is 12.8. The number of aromatic nitrogens is 2. The smallest absolute Gasteiger partial charge is 0.433 e. The number of ether oxygens (including phenoxy) is 1. The number of carbonyl (C=O) groups excluding carboxylic acids is 1. The van der Waals surface area contributed by atoms with E-state index in [2.05, 4.69) is 9.97 Å². The zero-order valence-electron chi connectivity index (χ0n) is 13.7. The molecule has 0 aliphatic carbocycles. The van der Waals surface area contributed by atoms with Crippen molar-refractivity contribution in [2.75, 3.05) is 36.8 Å². The van der Waals surface area contributed by atoms with Crippen LogP contribution in [0.5, 0.6) is 0 Å². The Kier molecular flexibility index (Phi) is 4.77. The van der Waals surface area contributed by atoms with Gasteiger partial charge in [-0.05, 0) is 20.8 Å². The van der Waals surface area contributed by atoms with Crippen molar-refractivity contribution in [3.8, 4) is 0 Å². The molecular weight excluding hydrogens is 327 g/mol. The van der Waals surface area contributed by atoms with Gasteiger partial charge in [0.25, 0.3) is 0 Å². The van der Waals surface area contributed by atoms with E-state index < -0.39 is 29.5 Å². The zero-order chi connectivity index (χ0) is 18.1. The summed E-state index contributed by atoms with van der Waals surface area (Å²) in [6, 6.07) is 0.861. The largest absolute Gasteiger partial charge is 0.444 e. The molecule has 0 atom stereocenters. The highest BCUT2D eigenvalue weighted by Crippen LogP contribution is 2.30. The number of nitrogens with two attached hydrogens (primary N) is 1. The van der Waals surface area contributed by atoms with E-state index in [4.69, 9.17) is 10.5 Å². The monoisotopic (exact) mass is 347 g/mol. The third-order valence-electron chi connectivity index (χ3n) is 3.28. The van der Waals surface area contributed by atoms with Gasteiger partial charge in [0.05, 0.1) is 0 Å². The lowest BCUT2D eigenvalue weighted by Gasteiger charge is -2.36. The molecule has 1 aromatic rings. The van der Waals surface area contributed by atoms with Gasteiger partial charge >= 0.3 is 12.3 Å². The third-order valence-corrected chi connectivity index (χ3v) is 3.28. The highest BCUT2D eigenvalue weighted by molar-refractivity contribution is 5.68. The molecule has 0 bridgehead atoms. The van der Waals surface area contributed by atoms with Crippen molar-refractivity contribution in [1.29, 1.82) is 0 Å². The Balaban J connectivity index is 2.05. The summed E-state index contributed by atoms with van der Waals surface area (Å²) < 4.78 is 43.7. The van der Waals surface area contributed by atoms with Crippen LogP contribution in [0.25, 0.3) is 0 Å². The summed E-state index contributed by atoms with van der Waals surface area (Å²) in [4.78, 5) is 22.2. The fourth-order valence-electron chi connectivity index (χ4n) is 2.20. The Bertz CT molecular complexity index is 607. The number of halogens is 3. The summed E-state index contributed by atoms with van der Waals surface area (Å²) in [5.74, 6) is -0.340. The van der Waals surface area contributed by atoms with Crippen LogP contribution in [0, 0.1) is 0 Å². The minimum absolute atomic E-state index is 0.0960. The number of carbonyl (C=O) groups is 1. The fraction of sp³-hybridized carbons (Fsp3) is 0.643. The maximum absolute atomic E-state index is 12.8. The number of nitrogens with zero attached hydrogens (tertiary/aromatic N) is 4. The second-order valence-corrected chi connectivity index (χ2v) is 6.42. The van der Waals surface area contributed by atoms with Crippen LogP contribution in [0.1, 0.15) is 26.5 Å². The molecule has 2 rings (SSSR count). The second kappa shape index (κ2) is 6.33. The van der Waals surface area contributed by atoms with Crippen molar-refractivity contribution in [1.82, 2.24) is 14.9 Å². The molecule has 1 aliphatic heterocycles. The normalized spacial score (nSPS) is 16.2. The second-order valence-electron chi connectivity index (χ2n) is 6.42. The first kappa shape index (κ1) is 18.1. The van der Waals surface area contributed by atoms with E-state index in [1.54, 1.807) is 25.7 Å². The standard InChI is InChI=1S/C14H20F3N5O2/c1-13(2,3)24-12(23)22-6-4-21(5-7-22)10-8-9(14(15,16)17)19-11(18)20-10/h8H,4-7H2,1-3H3,(H2,18,19,20). The van der Waals surface area contributed by atoms with E-state index in [0.717, 1.165) is 6.07 Å². The SMILES string of the molecule is CC(C)(C)OC(=O)N1CCN(c2cc(C(F)(F)F)nc(N)n2)CC1. The average Bonchev–Trinajstić information content (AvgIpc) is 2.44. The molecule has 134 valence electrons. The van der Waals surface area contributed by atoms with E-state index in [1.165, 1.54) is 4.90 Å². The van der Waals surface area contributed by atoms with E-state index in [1.807, 2.05) is 0 Å². The van der Waals surface area contributed by atoms with Crippen molar-refractivity contribution in [3.63, 3.8) is 0 Å². The van der Waals surface area contributed by atoms with Gasteiger partial charge in [-0.3, -0.25) is 0 Å². The van der Waals surface area contributed by atoms with Crippen LogP contribution in [0.4, 0.5) is 29.7 Å². The number of alkyl halides is 3. The Labute approximate surface area is 137 Å². The van der Waals surface area contributed by atoms with Gasteiger partial charge < -0.3 is 20.3 Å². The van der Waals surface area contributed by atoms with Gasteiger partial charge in [-0.1, -0.05) is 0 Å². The molecule has 10 heteroatoms. The van der Waals surface area contributed by atoms with Crippen LogP contribution in [-0.4, -0.2) is 52.7 Å². The highest BCUT2D eigenvalue weighted by atomic mass is 19.4. The number of piperazine rings is 1. The van der Waals surface area contributed by atoms with Crippen LogP contribution in [0.3, 0.4) is 0 Å². The summed E-state index contributed by atoms with van der Waals surface area (Å²) >= 11 is 0. The minimum atomic E-state index is -4.59. The Morgan fingerprint density at radius 3 is 2.25 bits per heavy atom. The first-order chi connectivity index (χ1) is 11.0. The summed E-state index contributed by atoms with van der Waals surface area (Å²) in [5.41, 5.74) is 3.69. The van der Waals surface area contributed by atoms with Crippen LogP contribution < -0.4 is 10.6 Å². The number of nitrogen functional groups attached to an aromatic ring is 1. The van der Waals surface area contributed by atoms with E-state index in [0.29, 0.717) is 26.2 Å². The quantitative estimate of drug-likeness (QED) is 0.838. The summed E-state index contributed by atoms with van der Waals surface area (Å²) in [6.07, 6.45) is -5.04. The number of hydrogen-bond donors (Lipinski definition) is 1. The Morgan fingerprint density at radius 2 is 1.75 bits per heavy atom. The van der Waals surface area contributed by atoms with Crippen molar-refractivity contribution in [2.45, 2.75) is 32.5 Å². The van der Waals surface area contributed by atoms with Gasteiger partial charge in [0, 0.05) is 32.2 Å². The molecule has 0 saturated carbocycles. The molecule has 0 unspecified atom stereocenters. The lowest BCUT2D eigenvalue weighted by Crippen LogP contribution is -2.50. The van der Waals surface area contributed by atoms with Crippen LogP contribution in [0.15, 0.2) is 6.07 Å². The molecule has 1 aliphatic rings. The van der Waals surface area contributed by atoms with Crippen LogP contribution in [-0.2, 0) is 10.9 Å². The number of amides is 1. The Hall–Kier alpha value is -2.26. The molecule has 0 radical (unpaired) electrons. The van der Waals surface area contributed by atoms with Crippen molar-refractivity contribution in [3.05, 3.63) is 11.8 Å². The number of anilines is 2. The van der Waals surface area contributed by atoms with Crippen molar-refractivity contribution >= 4 is 17.9 Å². The number of rotatable bonds is 1. The molecule has 1 saturated heterocycles. The predicted molar refractivity (Wildman–Crippen MR) is 81.5 cm³/mol. The molecule has 0 aromatic carbocycles. The highest BCUT2D eigenvalue weighted by Gasteiger charge is 2.34. The van der Waals surface area contributed by atoms with Crippen molar-refractivity contribution < 1.29 is 22.7 Å². The summed E-state index contributed by atoms with van der Waals surface area (Å²) in [7, 11) is 0. The lowest BCUT2D eigenvalue weighted by atomic mass is 10.2. The summed E-state index contributed by atoms with van der Waals surface area (Å²) in [5, 5.41) is 0. The third kappa shape index (κ3) is 4.62. The van der Waals surface area contributed by atoms with E-state index >= 15 is 0 Å². The van der Waals surface area contributed by atoms with Gasteiger partial charge in [-0.15, -0.1) is 0 Å². The van der Waals surface area contributed by atoms with Crippen molar-refractivity contribution in [2.24, 2.45) is 0 Å². The minimum Gasteiger partial charge on any atom is -0.444 e. The molecule has 1 fully saturated rings. The van der Waals surface area contributed by atoms with Gasteiger partial charge in [-0.2, -0.15) is 18.2 Å². The molecule has 2 N–H and O–H groups in total. The topological polar surface area (TPSA) is 84.6 Å². The Morgan fingerprint density at radius 1 is 1.17 bits per heavy atom. The molecule has 7 nitrogen and oxygen atoms in total. The molecular formula is C14H20F3N5O2. The van der Waals surface area contributed by atoms with Gasteiger partial charge in [-0.25, -0.2) is 9.78 Å². The average molecular weight is 347 g/mol. The van der Waals surface area contributed by atoms with Gasteiger partial charge in [0.1, 0.15) is 11.4 Å². The van der Waals surface area contributed by atoms with Gasteiger partial charge in [0.2, 0.25) is 5.95 Å². The molecule has 1 amide bonds. The summed E-state index contributed by atoms with van der Waals surface area (Å²) in [6.45, 7) is 6.59. The lowest BCUT2D eigenvalue weighted by molar-refractivity contribution is -0.141. The predicted octanol–water partition coefficient (Wildman–Crippen LogP) is 2.13. The van der Waals surface area contributed by atoms with Crippen LogP contribution in [0.2, 0.25) is 0 Å². The van der Waals surface area contributed by atoms with E-state index in [9.17, 15) is 18.0 Å². The molecule has 24 heavy (non-hydrogen) atoms. The van der Waals surface area contributed by atoms with Gasteiger partial charge in [0.15, 0.2) is 5.69 Å².